The summed E-state index contributed by atoms with van der Waals surface area (Å²) in [6.07, 6.45) is 0. The predicted octanol–water partition coefficient (Wildman–Crippen LogP) is 5.93. The molecule has 0 aliphatic carbocycles. The fraction of sp³-hybridized carbons (Fsp3) is 0.130. The van der Waals surface area contributed by atoms with Gasteiger partial charge < -0.3 is 10.1 Å². The number of aromatic nitrogens is 2. The van der Waals surface area contributed by atoms with Gasteiger partial charge in [-0.3, -0.25) is 9.48 Å². The van der Waals surface area contributed by atoms with Crippen molar-refractivity contribution in [2.75, 3.05) is 5.32 Å². The molecule has 2 aromatic heterocycles. The van der Waals surface area contributed by atoms with E-state index >= 15 is 0 Å². The van der Waals surface area contributed by atoms with Crippen LogP contribution in [0.2, 0.25) is 5.02 Å². The molecule has 0 aliphatic rings. The van der Waals surface area contributed by atoms with Crippen molar-refractivity contribution in [2.24, 2.45) is 0 Å². The summed E-state index contributed by atoms with van der Waals surface area (Å²) in [5.74, 6) is 0.549. The standard InChI is InChI=1S/C23H19ClFN3O2S/c1-15-9-22(27-28(15)12-17-5-2-3-8-20(17)25)26-23(29)21-10-16(14-31-21)13-30-19-7-4-6-18(24)11-19/h2-11,14H,12-13H2,1H3,(H,26,27,29). The molecule has 0 saturated carbocycles. The Hall–Kier alpha value is -3.16. The maximum Gasteiger partial charge on any atom is 0.266 e. The number of hydrogen-bond donors (Lipinski definition) is 1. The quantitative estimate of drug-likeness (QED) is 0.376. The molecule has 0 bridgehead atoms. The zero-order chi connectivity index (χ0) is 21.8. The normalized spacial score (nSPS) is 10.8. The molecule has 2 heterocycles. The molecule has 2 aromatic carbocycles. The lowest BCUT2D eigenvalue weighted by Gasteiger charge is -2.05. The van der Waals surface area contributed by atoms with Crippen LogP contribution in [0.25, 0.3) is 0 Å². The fourth-order valence-corrected chi connectivity index (χ4v) is 3.96. The monoisotopic (exact) mass is 455 g/mol. The molecule has 0 saturated heterocycles. The minimum atomic E-state index is -0.283. The number of nitrogens with one attached hydrogen (secondary N) is 1. The minimum Gasteiger partial charge on any atom is -0.489 e. The van der Waals surface area contributed by atoms with Gasteiger partial charge in [-0.2, -0.15) is 5.10 Å². The van der Waals surface area contributed by atoms with Gasteiger partial charge in [0.15, 0.2) is 5.82 Å². The summed E-state index contributed by atoms with van der Waals surface area (Å²) in [5, 5.41) is 9.67. The van der Waals surface area contributed by atoms with Crippen molar-refractivity contribution in [2.45, 2.75) is 20.1 Å². The van der Waals surface area contributed by atoms with Gasteiger partial charge in [0.2, 0.25) is 0 Å². The molecular formula is C23H19ClFN3O2S. The van der Waals surface area contributed by atoms with Crippen LogP contribution in [-0.4, -0.2) is 15.7 Å². The number of thiophene rings is 1. The highest BCUT2D eigenvalue weighted by atomic mass is 35.5. The van der Waals surface area contributed by atoms with Crippen LogP contribution in [0, 0.1) is 12.7 Å². The molecule has 8 heteroatoms. The van der Waals surface area contributed by atoms with Crippen molar-refractivity contribution in [1.82, 2.24) is 9.78 Å². The molecule has 0 spiro atoms. The third kappa shape index (κ3) is 5.31. The van der Waals surface area contributed by atoms with Crippen molar-refractivity contribution in [3.8, 4) is 5.75 Å². The number of carbonyl (C=O) groups is 1. The van der Waals surface area contributed by atoms with Crippen LogP contribution in [0.15, 0.2) is 66.0 Å². The molecule has 1 N–H and O–H groups in total. The first-order chi connectivity index (χ1) is 15.0. The van der Waals surface area contributed by atoms with E-state index < -0.39 is 0 Å². The van der Waals surface area contributed by atoms with Crippen molar-refractivity contribution in [3.05, 3.63) is 98.6 Å². The predicted molar refractivity (Wildman–Crippen MR) is 121 cm³/mol. The van der Waals surface area contributed by atoms with Gasteiger partial charge in [0.25, 0.3) is 5.91 Å². The van der Waals surface area contributed by atoms with E-state index in [0.29, 0.717) is 40.2 Å². The summed E-state index contributed by atoms with van der Waals surface area (Å²) < 4.78 is 21.3. The summed E-state index contributed by atoms with van der Waals surface area (Å²) in [5.41, 5.74) is 2.24. The smallest absolute Gasteiger partial charge is 0.266 e. The Balaban J connectivity index is 1.38. The zero-order valence-corrected chi connectivity index (χ0v) is 18.2. The largest absolute Gasteiger partial charge is 0.489 e. The van der Waals surface area contributed by atoms with Crippen LogP contribution in [0.3, 0.4) is 0 Å². The third-order valence-electron chi connectivity index (χ3n) is 4.58. The SMILES string of the molecule is Cc1cc(NC(=O)c2cc(COc3cccc(Cl)c3)cs2)nn1Cc1ccccc1F. The van der Waals surface area contributed by atoms with Gasteiger partial charge in [0.1, 0.15) is 18.2 Å². The number of amides is 1. The third-order valence-corrected chi connectivity index (χ3v) is 5.79. The highest BCUT2D eigenvalue weighted by Gasteiger charge is 2.13. The van der Waals surface area contributed by atoms with Crippen molar-refractivity contribution < 1.29 is 13.9 Å². The lowest BCUT2D eigenvalue weighted by molar-refractivity contribution is 0.103. The second kappa shape index (κ2) is 9.32. The summed E-state index contributed by atoms with van der Waals surface area (Å²) in [6, 6.07) is 17.3. The molecular weight excluding hydrogens is 437 g/mol. The molecule has 4 rings (SSSR count). The van der Waals surface area contributed by atoms with Crippen molar-refractivity contribution in [1.29, 1.82) is 0 Å². The highest BCUT2D eigenvalue weighted by molar-refractivity contribution is 7.12. The summed E-state index contributed by atoms with van der Waals surface area (Å²) >= 11 is 7.29. The number of aryl methyl sites for hydroxylation is 1. The maximum absolute atomic E-state index is 13.9. The zero-order valence-electron chi connectivity index (χ0n) is 16.6. The lowest BCUT2D eigenvalue weighted by atomic mass is 10.2. The Bertz CT molecular complexity index is 1220. The van der Waals surface area contributed by atoms with Gasteiger partial charge >= 0.3 is 0 Å². The maximum atomic E-state index is 13.9. The van der Waals surface area contributed by atoms with Crippen LogP contribution < -0.4 is 10.1 Å². The van der Waals surface area contributed by atoms with E-state index in [4.69, 9.17) is 16.3 Å². The fourth-order valence-electron chi connectivity index (χ4n) is 2.99. The number of halogens is 2. The summed E-state index contributed by atoms with van der Waals surface area (Å²) in [7, 11) is 0. The first-order valence-corrected chi connectivity index (χ1v) is 10.8. The topological polar surface area (TPSA) is 56.1 Å². The Kier molecular flexibility index (Phi) is 6.34. The molecule has 5 nitrogen and oxygen atoms in total. The van der Waals surface area contributed by atoms with Crippen LogP contribution in [-0.2, 0) is 13.2 Å². The van der Waals surface area contributed by atoms with E-state index in [1.807, 2.05) is 24.4 Å². The second-order valence-electron chi connectivity index (χ2n) is 6.94. The molecule has 0 fully saturated rings. The second-order valence-corrected chi connectivity index (χ2v) is 8.29. The van der Waals surface area contributed by atoms with Gasteiger partial charge in [-0.15, -0.1) is 11.3 Å². The van der Waals surface area contributed by atoms with Crippen LogP contribution in [0.4, 0.5) is 10.2 Å². The number of carbonyl (C=O) groups excluding carboxylic acids is 1. The molecule has 31 heavy (non-hydrogen) atoms. The first-order valence-electron chi connectivity index (χ1n) is 9.53. The lowest BCUT2D eigenvalue weighted by Crippen LogP contribution is -2.12. The summed E-state index contributed by atoms with van der Waals surface area (Å²) in [6.45, 7) is 2.48. The van der Waals surface area contributed by atoms with Crippen LogP contribution in [0.5, 0.6) is 5.75 Å². The van der Waals surface area contributed by atoms with E-state index in [-0.39, 0.29) is 11.7 Å². The first kappa shape index (κ1) is 21.1. The Morgan fingerprint density at radius 1 is 1.19 bits per heavy atom. The molecule has 0 aliphatic heterocycles. The molecule has 0 unspecified atom stereocenters. The van der Waals surface area contributed by atoms with Crippen molar-refractivity contribution >= 4 is 34.7 Å². The van der Waals surface area contributed by atoms with Gasteiger partial charge in [-0.25, -0.2) is 4.39 Å². The van der Waals surface area contributed by atoms with E-state index in [1.165, 1.54) is 17.4 Å². The van der Waals surface area contributed by atoms with Gasteiger partial charge in [-0.05, 0) is 42.6 Å². The van der Waals surface area contributed by atoms with E-state index in [2.05, 4.69) is 10.4 Å². The van der Waals surface area contributed by atoms with Gasteiger partial charge in [0.05, 0.1) is 11.4 Å². The molecule has 1 amide bonds. The number of benzene rings is 2. The Labute approximate surface area is 188 Å². The van der Waals surface area contributed by atoms with Gasteiger partial charge in [-0.1, -0.05) is 35.9 Å². The van der Waals surface area contributed by atoms with Gasteiger partial charge in [0, 0.05) is 27.9 Å². The van der Waals surface area contributed by atoms with E-state index in [0.717, 1.165) is 11.3 Å². The van der Waals surface area contributed by atoms with E-state index in [9.17, 15) is 9.18 Å². The number of rotatable bonds is 7. The van der Waals surface area contributed by atoms with E-state index in [1.54, 1.807) is 47.1 Å². The number of anilines is 1. The highest BCUT2D eigenvalue weighted by Crippen LogP contribution is 2.21. The van der Waals surface area contributed by atoms with Crippen LogP contribution in [0.1, 0.15) is 26.5 Å². The average molecular weight is 456 g/mol. The molecule has 0 radical (unpaired) electrons. The molecule has 158 valence electrons. The number of nitrogens with zero attached hydrogens (tertiary/aromatic N) is 2. The Morgan fingerprint density at radius 2 is 2.03 bits per heavy atom. The Morgan fingerprint density at radius 3 is 2.84 bits per heavy atom. The van der Waals surface area contributed by atoms with Crippen LogP contribution >= 0.6 is 22.9 Å². The number of hydrogen-bond acceptors (Lipinski definition) is 4. The average Bonchev–Trinajstić information content (AvgIpc) is 3.35. The summed E-state index contributed by atoms with van der Waals surface area (Å²) in [4.78, 5) is 13.2. The molecule has 0 atom stereocenters. The van der Waals surface area contributed by atoms with Crippen molar-refractivity contribution in [3.63, 3.8) is 0 Å². The minimum absolute atomic E-state index is 0.255. The molecule has 4 aromatic rings. The number of ether oxygens (including phenoxy) is 1.